The van der Waals surface area contributed by atoms with Crippen LogP contribution in [-0.2, 0) is 108 Å². The number of azo groups is 4. The highest BCUT2D eigenvalue weighted by Gasteiger charge is 2.29. The van der Waals surface area contributed by atoms with Gasteiger partial charge in [0.2, 0.25) is 0 Å². The van der Waals surface area contributed by atoms with E-state index in [0.29, 0.717) is 54.5 Å². The summed E-state index contributed by atoms with van der Waals surface area (Å²) in [5.74, 6) is -5.84. The summed E-state index contributed by atoms with van der Waals surface area (Å²) in [4.78, 5) is -6.90. The van der Waals surface area contributed by atoms with Gasteiger partial charge in [-0.3, -0.25) is 27.3 Å². The van der Waals surface area contributed by atoms with E-state index in [-0.39, 0.29) is 55.4 Å². The number of nitrogens with zero attached hydrogens (tertiary/aromatic N) is 8. The monoisotopic (exact) mass is 1600 g/mol. The molecule has 0 saturated heterocycles. The molecule has 0 bridgehead atoms. The number of phenols is 4. The molecule has 0 atom stereocenters. The van der Waals surface area contributed by atoms with Gasteiger partial charge in [-0.05, 0) is 108 Å². The zero-order valence-electron chi connectivity index (χ0n) is 48.7. The topological polar surface area (TPSA) is 682 Å². The smallest absolute Gasteiger partial charge is 0.397 e. The lowest BCUT2D eigenvalue weighted by molar-refractivity contribution is -0.432. The molecule has 0 amide bonds. The molecular formula is C48H39N9O34S10. The molecule has 0 radical (unpaired) electrons. The maximum atomic E-state index is 12.9. The number of hydrogen-bond donors (Lipinski definition) is 13. The molecule has 0 heterocycles. The van der Waals surface area contributed by atoms with Crippen molar-refractivity contribution in [1.82, 2.24) is 0 Å². The van der Waals surface area contributed by atoms with Crippen molar-refractivity contribution in [3.8, 4) is 23.0 Å². The molecule has 8 aromatic carbocycles. The van der Waals surface area contributed by atoms with Gasteiger partial charge in [-0.2, -0.15) is 50.5 Å². The molecule has 0 unspecified atom stereocenters. The lowest BCUT2D eigenvalue weighted by atomic mass is 10.1. The average Bonchev–Trinajstić information content (AvgIpc) is 0.760. The van der Waals surface area contributed by atoms with Gasteiger partial charge in [0.1, 0.15) is 60.3 Å². The van der Waals surface area contributed by atoms with Crippen LogP contribution >= 0.6 is 24.1 Å². The van der Waals surface area contributed by atoms with E-state index in [1.165, 1.54) is 36.4 Å². The molecule has 0 aliphatic heterocycles. The van der Waals surface area contributed by atoms with Crippen LogP contribution in [0.1, 0.15) is 0 Å². The fourth-order valence-electron chi connectivity index (χ4n) is 8.44. The van der Waals surface area contributed by atoms with Crippen molar-refractivity contribution in [2.75, 3.05) is 30.0 Å². The van der Waals surface area contributed by atoms with Crippen LogP contribution in [0.2, 0.25) is 0 Å². The van der Waals surface area contributed by atoms with E-state index in [1.807, 2.05) is 0 Å². The zero-order valence-corrected chi connectivity index (χ0v) is 56.9. The maximum Gasteiger partial charge on any atom is 0.397 e. The van der Waals surface area contributed by atoms with Crippen molar-refractivity contribution in [2.45, 2.75) is 39.2 Å². The number of aromatic hydroxyl groups is 4. The Kier molecular flexibility index (Phi) is 23.6. The van der Waals surface area contributed by atoms with Gasteiger partial charge in [0, 0.05) is 28.4 Å². The van der Waals surface area contributed by atoms with Crippen LogP contribution in [0.3, 0.4) is 0 Å². The maximum absolute atomic E-state index is 12.9. The molecule has 0 saturated carbocycles. The first-order valence-corrected chi connectivity index (χ1v) is 39.1. The molecule has 53 heteroatoms. The second-order valence-corrected chi connectivity index (χ2v) is 32.8. The van der Waals surface area contributed by atoms with Crippen molar-refractivity contribution in [3.05, 3.63) is 109 Å². The predicted octanol–water partition coefficient (Wildman–Crippen LogP) is 9.25. The molecule has 0 spiro atoms. The SMILES string of the molecule is O=S(=O)(O)OCCS(=O)(=O)c1ccc(N=Nc2c(SOOO)cc3cc(SOOO)cc(N=Nc4ccc(Nc5ccc(N=Nc6cc(S(=O)(=O)O)cc7cc(S(=O)(=O)O)c(N=Nc8ccc(S(=O)(=O)CCOS(=O)(=O)O)cc8S(=O)(=O)O)c(O)c67)c(O)c5)cc4O)c3c2O)c(S(=O)(=O)O)c1. The normalized spacial score (nSPS) is 13.3. The first-order valence-electron chi connectivity index (χ1n) is 25.8. The third kappa shape index (κ3) is 19.9. The van der Waals surface area contributed by atoms with Gasteiger partial charge in [0.05, 0.1) is 90.5 Å². The van der Waals surface area contributed by atoms with Crippen LogP contribution < -0.4 is 5.32 Å². The Morgan fingerprint density at radius 1 is 0.376 bits per heavy atom. The third-order valence-electron chi connectivity index (χ3n) is 12.7. The lowest BCUT2D eigenvalue weighted by Crippen LogP contribution is -2.16. The summed E-state index contributed by atoms with van der Waals surface area (Å²) in [6.07, 6.45) is 0. The molecule has 43 nitrogen and oxygen atoms in total. The summed E-state index contributed by atoms with van der Waals surface area (Å²) in [7, 11) is -41.2. The van der Waals surface area contributed by atoms with Gasteiger partial charge in [-0.1, -0.05) is 10.1 Å². The molecule has 8 aromatic rings. The Labute approximate surface area is 574 Å². The van der Waals surface area contributed by atoms with Gasteiger partial charge in [-0.15, -0.1) is 49.6 Å². The number of anilines is 2. The van der Waals surface area contributed by atoms with Crippen molar-refractivity contribution in [2.24, 2.45) is 40.9 Å². The minimum Gasteiger partial charge on any atom is -0.506 e. The van der Waals surface area contributed by atoms with Gasteiger partial charge < -0.3 is 25.7 Å². The molecule has 0 aliphatic rings. The summed E-state index contributed by atoms with van der Waals surface area (Å²) < 4.78 is 270. The van der Waals surface area contributed by atoms with Crippen molar-refractivity contribution >= 4 is 183 Å². The second-order valence-electron chi connectivity index (χ2n) is 19.3. The van der Waals surface area contributed by atoms with Crippen LogP contribution in [0, 0.1) is 0 Å². The number of hydrogen-bond acceptors (Lipinski definition) is 39. The Morgan fingerprint density at radius 2 is 0.782 bits per heavy atom. The molecule has 540 valence electrons. The number of sulfone groups is 2. The highest BCUT2D eigenvalue weighted by molar-refractivity contribution is 7.95. The van der Waals surface area contributed by atoms with Crippen molar-refractivity contribution < 1.29 is 153 Å². The fourth-order valence-corrected chi connectivity index (χ4v) is 15.0. The summed E-state index contributed by atoms with van der Waals surface area (Å²) in [5.41, 5.74) is -5.30. The minimum atomic E-state index is -5.58. The van der Waals surface area contributed by atoms with Gasteiger partial charge >= 0.3 is 20.8 Å². The van der Waals surface area contributed by atoms with Gasteiger partial charge in [0.15, 0.2) is 31.2 Å². The molecule has 101 heavy (non-hydrogen) atoms. The van der Waals surface area contributed by atoms with Gasteiger partial charge in [-0.25, -0.2) is 35.7 Å². The van der Waals surface area contributed by atoms with Gasteiger partial charge in [0.25, 0.3) is 40.5 Å². The number of nitrogens with one attached hydrogen (secondary N) is 1. The Bertz CT molecular complexity index is 5770. The van der Waals surface area contributed by atoms with Crippen LogP contribution in [-0.4, -0.2) is 150 Å². The van der Waals surface area contributed by atoms with E-state index in [2.05, 4.69) is 73.3 Å². The van der Waals surface area contributed by atoms with Crippen LogP contribution in [0.15, 0.2) is 189 Å². The highest BCUT2D eigenvalue weighted by Crippen LogP contribution is 2.51. The summed E-state index contributed by atoms with van der Waals surface area (Å²) in [6, 6.07) is 15.7. The van der Waals surface area contributed by atoms with E-state index < -0.39 is 203 Å². The van der Waals surface area contributed by atoms with E-state index in [4.69, 9.17) is 19.6 Å². The van der Waals surface area contributed by atoms with E-state index >= 15 is 0 Å². The molecule has 0 aliphatic carbocycles. The first kappa shape index (κ1) is 78.1. The average molecular weight is 1610 g/mol. The highest BCUT2D eigenvalue weighted by atomic mass is 32.3. The number of phenolic OH excluding ortho intramolecular Hbond substituents is 4. The molecule has 0 aromatic heterocycles. The lowest BCUT2D eigenvalue weighted by Gasteiger charge is -2.12. The summed E-state index contributed by atoms with van der Waals surface area (Å²) >= 11 is 0.542. The number of fused-ring (bicyclic) bond motifs is 2. The van der Waals surface area contributed by atoms with E-state index in [9.17, 15) is 106 Å². The van der Waals surface area contributed by atoms with Crippen LogP contribution in [0.5, 0.6) is 23.0 Å². The Balaban J connectivity index is 1.10. The number of rotatable bonds is 30. The fraction of sp³-hybridized carbons (Fsp3) is 0.0833. The Hall–Kier alpha value is -8.58. The van der Waals surface area contributed by atoms with E-state index in [1.54, 1.807) is 0 Å². The molecule has 0 fully saturated rings. The summed E-state index contributed by atoms with van der Waals surface area (Å²) in [6.45, 7) is -2.28. The quantitative estimate of drug-likeness (QED) is 0.00655. The molecule has 8 rings (SSSR count). The largest absolute Gasteiger partial charge is 0.506 e. The minimum absolute atomic E-state index is 0.0115. The molecular weight excluding hydrogens is 1570 g/mol. The van der Waals surface area contributed by atoms with E-state index in [0.717, 1.165) is 30.3 Å². The van der Waals surface area contributed by atoms with Crippen molar-refractivity contribution in [1.29, 1.82) is 0 Å². The summed E-state index contributed by atoms with van der Waals surface area (Å²) in [5, 5.41) is 103. The van der Waals surface area contributed by atoms with Crippen LogP contribution in [0.25, 0.3) is 21.5 Å². The Morgan fingerprint density at radius 3 is 1.22 bits per heavy atom. The molecule has 13 N–H and O–H groups in total. The zero-order chi connectivity index (χ0) is 74.6. The van der Waals surface area contributed by atoms with Crippen molar-refractivity contribution in [3.63, 3.8) is 0 Å². The number of benzene rings is 8. The second kappa shape index (κ2) is 30.5. The predicted molar refractivity (Wildman–Crippen MR) is 340 cm³/mol. The first-order chi connectivity index (χ1) is 46.9. The standard InChI is InChI=1S/C48H39N9O34S10/c58-37-17-25(1-5-31(37)50-54-35-19-27(92-90-88-62)13-23-15-39(93-91-89-63)45(47(60)43(23)35)56-52-33-7-3-28(21-40(33)97(71,72)73)94(64,65)11-9-86-100(80,81)82)49-26-2-6-32(38(59)18-26)51-55-36-20-30(96(68,69)70)14-24-16-42(99(77,78)79)46(48(61)44(24)36)57-53-34-8-4-29(22-41(34)98(74,75)76)95(66,67)12-10-87-101(83,84)85/h1-8,13-22,49,58-63H,9-12H2,(H,68,69,70)(H,71,72,73)(H,74,75,76)(H,77,78,79)(H,80,81,82)(H,83,84,85). The third-order valence-corrected chi connectivity index (χ3v) is 21.6. The van der Waals surface area contributed by atoms with Crippen LogP contribution in [0.4, 0.5) is 56.9 Å².